The van der Waals surface area contributed by atoms with Crippen molar-refractivity contribution in [2.75, 3.05) is 13.6 Å². The Balaban J connectivity index is 4.23. The Morgan fingerprint density at radius 3 is 2.25 bits per heavy atom. The Morgan fingerprint density at radius 1 is 1.33 bits per heavy atom. The molecule has 3 nitrogen and oxygen atoms in total. The monoisotopic (exact) mass is 172 g/mol. The molecule has 0 aliphatic rings. The zero-order chi connectivity index (χ0) is 9.45. The molecule has 0 amide bonds. The molecule has 1 N–H and O–H groups in total. The lowest BCUT2D eigenvalue weighted by atomic mass is 9.99. The average Bonchev–Trinajstić information content (AvgIpc) is 2.13. The van der Waals surface area contributed by atoms with Gasteiger partial charge in [-0.15, -0.1) is 0 Å². The van der Waals surface area contributed by atoms with Crippen LogP contribution in [0.4, 0.5) is 0 Å². The topological polar surface area (TPSA) is 33.6 Å². The van der Waals surface area contributed by atoms with Gasteiger partial charge in [0.25, 0.3) is 0 Å². The van der Waals surface area contributed by atoms with Gasteiger partial charge in [-0.25, -0.2) is 5.48 Å². The van der Waals surface area contributed by atoms with Crippen LogP contribution in [0.25, 0.3) is 0 Å². The lowest BCUT2D eigenvalue weighted by molar-refractivity contribution is -0.0531. The average molecular weight is 172 g/mol. The van der Waals surface area contributed by atoms with Crippen molar-refractivity contribution in [2.45, 2.75) is 39.2 Å². The predicted octanol–water partition coefficient (Wildman–Crippen LogP) is 1.79. The van der Waals surface area contributed by atoms with Crippen LogP contribution in [0, 0.1) is 0 Å². The second-order valence-electron chi connectivity index (χ2n) is 2.71. The summed E-state index contributed by atoms with van der Waals surface area (Å²) in [4.78, 5) is 9.65. The number of hydroxylamine groups is 1. The molecule has 3 heteroatoms. The molecule has 0 aliphatic heterocycles. The van der Waals surface area contributed by atoms with Crippen molar-refractivity contribution in [3.05, 3.63) is 0 Å². The normalized spacial score (nSPS) is 12.7. The molecule has 0 aromatic rings. The van der Waals surface area contributed by atoms with Crippen molar-refractivity contribution in [3.63, 3.8) is 0 Å². The van der Waals surface area contributed by atoms with Gasteiger partial charge in [-0.05, 0) is 19.8 Å². The van der Waals surface area contributed by atoms with Gasteiger partial charge in [0.2, 0.25) is 0 Å². The minimum Gasteiger partial charge on any atom is -0.295 e. The molecule has 0 rings (SSSR count). The van der Waals surface area contributed by atoms with Crippen LogP contribution in [-0.2, 0) is 4.84 Å². The third kappa shape index (κ3) is 3.32. The molecule has 72 valence electrons. The van der Waals surface area contributed by atoms with E-state index in [1.807, 2.05) is 13.1 Å². The van der Waals surface area contributed by atoms with Gasteiger partial charge in [0.15, 0.2) is 0 Å². The van der Waals surface area contributed by atoms with Crippen LogP contribution in [0.15, 0.2) is 4.99 Å². The third-order valence-electron chi connectivity index (χ3n) is 2.01. The fourth-order valence-electron chi connectivity index (χ4n) is 1.06. The van der Waals surface area contributed by atoms with Crippen LogP contribution in [0.5, 0.6) is 0 Å². The summed E-state index contributed by atoms with van der Waals surface area (Å²) in [5.74, 6) is 0. The fourth-order valence-corrected chi connectivity index (χ4v) is 1.06. The third-order valence-corrected chi connectivity index (χ3v) is 2.01. The molecule has 0 bridgehead atoms. The first-order chi connectivity index (χ1) is 5.74. The van der Waals surface area contributed by atoms with Crippen molar-refractivity contribution in [1.82, 2.24) is 5.48 Å². The summed E-state index contributed by atoms with van der Waals surface area (Å²) in [7, 11) is 1.78. The highest BCUT2D eigenvalue weighted by Crippen LogP contribution is 2.16. The largest absolute Gasteiger partial charge is 0.295 e. The number of hydrogen-bond acceptors (Lipinski definition) is 3. The van der Waals surface area contributed by atoms with E-state index in [0.717, 1.165) is 19.4 Å². The molecule has 12 heavy (non-hydrogen) atoms. The first kappa shape index (κ1) is 11.6. The molecule has 0 aliphatic carbocycles. The maximum atomic E-state index is 5.43. The Hall–Kier alpha value is -0.410. The van der Waals surface area contributed by atoms with Crippen LogP contribution < -0.4 is 5.48 Å². The van der Waals surface area contributed by atoms with Crippen LogP contribution in [0.3, 0.4) is 0 Å². The number of nitrogens with zero attached hydrogens (tertiary/aromatic N) is 1. The summed E-state index contributed by atoms with van der Waals surface area (Å²) in [6, 6.07) is 0. The van der Waals surface area contributed by atoms with Gasteiger partial charge in [0.05, 0.1) is 0 Å². The number of aliphatic imine (C=N–C) groups is 1. The summed E-state index contributed by atoms with van der Waals surface area (Å²) < 4.78 is 0. The summed E-state index contributed by atoms with van der Waals surface area (Å²) in [6.45, 7) is 7.03. The van der Waals surface area contributed by atoms with Crippen LogP contribution in [0.1, 0.15) is 33.6 Å². The van der Waals surface area contributed by atoms with E-state index in [1.165, 1.54) is 0 Å². The highest BCUT2D eigenvalue weighted by Gasteiger charge is 2.24. The Labute approximate surface area is 75.2 Å². The number of hydrogen-bond donors (Lipinski definition) is 1. The molecule has 0 radical (unpaired) electrons. The SMILES string of the molecule is CCN=CC(CC)(CC)ONC. The van der Waals surface area contributed by atoms with Crippen LogP contribution in [0.2, 0.25) is 0 Å². The molecule has 0 saturated carbocycles. The van der Waals surface area contributed by atoms with Gasteiger partial charge in [0, 0.05) is 19.8 Å². The summed E-state index contributed by atoms with van der Waals surface area (Å²) >= 11 is 0. The van der Waals surface area contributed by atoms with Crippen molar-refractivity contribution in [3.8, 4) is 0 Å². The van der Waals surface area contributed by atoms with Crippen LogP contribution in [-0.4, -0.2) is 25.4 Å². The number of rotatable bonds is 6. The van der Waals surface area contributed by atoms with Gasteiger partial charge < -0.3 is 0 Å². The zero-order valence-electron chi connectivity index (χ0n) is 8.55. The fraction of sp³-hybridized carbons (Fsp3) is 0.889. The molecular formula is C9H20N2O. The van der Waals surface area contributed by atoms with E-state index in [1.54, 1.807) is 7.05 Å². The molecule has 0 aromatic carbocycles. The van der Waals surface area contributed by atoms with E-state index in [0.29, 0.717) is 0 Å². The maximum Gasteiger partial charge on any atom is 0.124 e. The highest BCUT2D eigenvalue weighted by molar-refractivity contribution is 5.68. The summed E-state index contributed by atoms with van der Waals surface area (Å²) in [5, 5.41) is 0. The van der Waals surface area contributed by atoms with E-state index in [4.69, 9.17) is 4.84 Å². The van der Waals surface area contributed by atoms with Crippen molar-refractivity contribution < 1.29 is 4.84 Å². The smallest absolute Gasteiger partial charge is 0.124 e. The van der Waals surface area contributed by atoms with Gasteiger partial charge in [0.1, 0.15) is 5.60 Å². The molecule has 0 fully saturated rings. The second-order valence-corrected chi connectivity index (χ2v) is 2.71. The van der Waals surface area contributed by atoms with Gasteiger partial charge in [-0.3, -0.25) is 9.83 Å². The van der Waals surface area contributed by atoms with Gasteiger partial charge in [-0.2, -0.15) is 0 Å². The number of nitrogens with one attached hydrogen (secondary N) is 1. The summed E-state index contributed by atoms with van der Waals surface area (Å²) in [6.07, 6.45) is 3.78. The van der Waals surface area contributed by atoms with E-state index in [-0.39, 0.29) is 5.60 Å². The highest BCUT2D eigenvalue weighted by atomic mass is 16.7. The Bertz CT molecular complexity index is 130. The predicted molar refractivity (Wildman–Crippen MR) is 52.5 cm³/mol. The minimum absolute atomic E-state index is 0.218. The zero-order valence-corrected chi connectivity index (χ0v) is 8.55. The van der Waals surface area contributed by atoms with Crippen LogP contribution >= 0.6 is 0 Å². The molecule has 0 heterocycles. The lowest BCUT2D eigenvalue weighted by Gasteiger charge is -2.26. The molecule has 0 spiro atoms. The van der Waals surface area contributed by atoms with Crippen molar-refractivity contribution in [2.24, 2.45) is 4.99 Å². The van der Waals surface area contributed by atoms with Gasteiger partial charge >= 0.3 is 0 Å². The molecule has 0 unspecified atom stereocenters. The lowest BCUT2D eigenvalue weighted by Crippen LogP contribution is -2.37. The van der Waals surface area contributed by atoms with Crippen molar-refractivity contribution in [1.29, 1.82) is 0 Å². The standard InChI is InChI=1S/C9H20N2O/c1-5-9(6-2,12-10-4)8-11-7-3/h8,10H,5-7H2,1-4H3. The molecule has 0 atom stereocenters. The molecule has 0 aromatic heterocycles. The minimum atomic E-state index is -0.218. The Kier molecular flexibility index (Phi) is 5.93. The maximum absolute atomic E-state index is 5.43. The van der Waals surface area contributed by atoms with E-state index < -0.39 is 0 Å². The first-order valence-electron chi connectivity index (χ1n) is 4.60. The van der Waals surface area contributed by atoms with Gasteiger partial charge in [-0.1, -0.05) is 13.8 Å². The van der Waals surface area contributed by atoms with Crippen molar-refractivity contribution >= 4 is 6.21 Å². The van der Waals surface area contributed by atoms with E-state index >= 15 is 0 Å². The quantitative estimate of drug-likeness (QED) is 0.489. The first-order valence-corrected chi connectivity index (χ1v) is 4.60. The summed E-state index contributed by atoms with van der Waals surface area (Å²) in [5.41, 5.74) is 2.51. The van der Waals surface area contributed by atoms with E-state index in [9.17, 15) is 0 Å². The van der Waals surface area contributed by atoms with E-state index in [2.05, 4.69) is 24.3 Å². The molecule has 0 saturated heterocycles. The second kappa shape index (κ2) is 6.14. The Morgan fingerprint density at radius 2 is 1.92 bits per heavy atom. The molecular weight excluding hydrogens is 152 g/mol.